The third-order valence-corrected chi connectivity index (χ3v) is 4.05. The van der Waals surface area contributed by atoms with Gasteiger partial charge in [-0.15, -0.1) is 0 Å². The topological polar surface area (TPSA) is 29.5 Å². The molecule has 23 heavy (non-hydrogen) atoms. The van der Waals surface area contributed by atoms with E-state index in [1.165, 1.54) is 5.56 Å². The Morgan fingerprint density at radius 2 is 1.96 bits per heavy atom. The van der Waals surface area contributed by atoms with Crippen molar-refractivity contribution >= 4 is 17.7 Å². The maximum atomic E-state index is 12.6. The molecule has 1 unspecified atom stereocenters. The van der Waals surface area contributed by atoms with Crippen LogP contribution in [0.1, 0.15) is 24.5 Å². The van der Waals surface area contributed by atoms with Gasteiger partial charge in [0.05, 0.1) is 12.2 Å². The van der Waals surface area contributed by atoms with Crippen LogP contribution in [0.4, 0.5) is 5.69 Å². The zero-order valence-corrected chi connectivity index (χ0v) is 13.5. The van der Waals surface area contributed by atoms with E-state index in [1.807, 2.05) is 61.5 Å². The number of para-hydroxylation sites is 2. The summed E-state index contributed by atoms with van der Waals surface area (Å²) in [6.07, 6.45) is 4.42. The Bertz CT molecular complexity index is 719. The molecule has 1 aliphatic heterocycles. The van der Waals surface area contributed by atoms with Gasteiger partial charge in [0, 0.05) is 6.08 Å². The maximum absolute atomic E-state index is 12.6. The first kappa shape index (κ1) is 15.3. The Balaban J connectivity index is 1.82. The van der Waals surface area contributed by atoms with E-state index in [4.69, 9.17) is 4.74 Å². The zero-order valence-electron chi connectivity index (χ0n) is 13.5. The lowest BCUT2D eigenvalue weighted by molar-refractivity contribution is -0.114. The standard InChI is InChI=1S/C20H21NO2/c1-3-17-14-21(18-6-4-5-7-19(18)23-17)20(22)13-12-16-10-8-15(2)9-11-16/h4-13,17H,3,14H2,1-2H3/b13-12+. The fraction of sp³-hybridized carbons (Fsp3) is 0.250. The van der Waals surface area contributed by atoms with Gasteiger partial charge in [0.1, 0.15) is 11.9 Å². The van der Waals surface area contributed by atoms with Crippen molar-refractivity contribution in [2.45, 2.75) is 26.4 Å². The number of carbonyl (C=O) groups excluding carboxylic acids is 1. The van der Waals surface area contributed by atoms with E-state index in [2.05, 4.69) is 6.92 Å². The Morgan fingerprint density at radius 3 is 2.70 bits per heavy atom. The summed E-state index contributed by atoms with van der Waals surface area (Å²) in [7, 11) is 0. The molecule has 0 aromatic heterocycles. The third-order valence-electron chi connectivity index (χ3n) is 4.05. The minimum atomic E-state index is -0.0141. The molecular weight excluding hydrogens is 286 g/mol. The highest BCUT2D eigenvalue weighted by Gasteiger charge is 2.27. The fourth-order valence-corrected chi connectivity index (χ4v) is 2.65. The lowest BCUT2D eigenvalue weighted by Gasteiger charge is -2.34. The molecule has 3 nitrogen and oxygen atoms in total. The lowest BCUT2D eigenvalue weighted by Crippen LogP contribution is -2.42. The van der Waals surface area contributed by atoms with Crippen molar-refractivity contribution in [3.05, 3.63) is 65.7 Å². The summed E-state index contributed by atoms with van der Waals surface area (Å²) in [5.74, 6) is 0.766. The molecule has 3 heteroatoms. The number of hydrogen-bond donors (Lipinski definition) is 0. The van der Waals surface area contributed by atoms with Gasteiger partial charge in [-0.05, 0) is 37.1 Å². The van der Waals surface area contributed by atoms with Crippen LogP contribution in [-0.4, -0.2) is 18.6 Å². The number of rotatable bonds is 3. The largest absolute Gasteiger partial charge is 0.486 e. The number of aryl methyl sites for hydroxylation is 1. The smallest absolute Gasteiger partial charge is 0.251 e. The predicted octanol–water partition coefficient (Wildman–Crippen LogP) is 4.21. The number of benzene rings is 2. The fourth-order valence-electron chi connectivity index (χ4n) is 2.65. The molecule has 118 valence electrons. The van der Waals surface area contributed by atoms with Crippen molar-refractivity contribution in [1.82, 2.24) is 0 Å². The number of fused-ring (bicyclic) bond motifs is 1. The van der Waals surface area contributed by atoms with Crippen LogP contribution in [0.25, 0.3) is 6.08 Å². The van der Waals surface area contributed by atoms with Gasteiger partial charge >= 0.3 is 0 Å². The Morgan fingerprint density at radius 1 is 1.22 bits per heavy atom. The summed E-state index contributed by atoms with van der Waals surface area (Å²) < 4.78 is 5.92. The summed E-state index contributed by atoms with van der Waals surface area (Å²) in [5, 5.41) is 0. The van der Waals surface area contributed by atoms with Crippen LogP contribution in [0.15, 0.2) is 54.6 Å². The second-order valence-corrected chi connectivity index (χ2v) is 5.81. The van der Waals surface area contributed by atoms with E-state index in [-0.39, 0.29) is 12.0 Å². The zero-order chi connectivity index (χ0) is 16.2. The molecule has 0 N–H and O–H groups in total. The SMILES string of the molecule is CCC1CN(C(=O)/C=C/c2ccc(C)cc2)c2ccccc2O1. The van der Waals surface area contributed by atoms with E-state index < -0.39 is 0 Å². The van der Waals surface area contributed by atoms with Crippen LogP contribution in [0, 0.1) is 6.92 Å². The molecule has 0 saturated carbocycles. The first-order valence-corrected chi connectivity index (χ1v) is 7.99. The summed E-state index contributed by atoms with van der Waals surface area (Å²) in [6, 6.07) is 15.8. The minimum Gasteiger partial charge on any atom is -0.486 e. The molecule has 0 aliphatic carbocycles. The average molecular weight is 307 g/mol. The van der Waals surface area contributed by atoms with Crippen LogP contribution in [0.2, 0.25) is 0 Å². The molecule has 2 aromatic rings. The van der Waals surface area contributed by atoms with Gasteiger partial charge in [0.25, 0.3) is 5.91 Å². The van der Waals surface area contributed by atoms with Gasteiger partial charge < -0.3 is 9.64 Å². The molecule has 0 spiro atoms. The van der Waals surface area contributed by atoms with Crippen LogP contribution in [-0.2, 0) is 4.79 Å². The number of amides is 1. The van der Waals surface area contributed by atoms with Gasteiger partial charge in [-0.2, -0.15) is 0 Å². The summed E-state index contributed by atoms with van der Waals surface area (Å²) >= 11 is 0. The van der Waals surface area contributed by atoms with Crippen molar-refractivity contribution < 1.29 is 9.53 Å². The van der Waals surface area contributed by atoms with Gasteiger partial charge in [-0.25, -0.2) is 0 Å². The third kappa shape index (κ3) is 3.45. The summed E-state index contributed by atoms with van der Waals surface area (Å²) in [5.41, 5.74) is 3.08. The van der Waals surface area contributed by atoms with Crippen molar-refractivity contribution in [2.24, 2.45) is 0 Å². The molecule has 3 rings (SSSR count). The van der Waals surface area contributed by atoms with Gasteiger partial charge in [-0.3, -0.25) is 4.79 Å². The van der Waals surface area contributed by atoms with Crippen molar-refractivity contribution in [3.8, 4) is 5.75 Å². The van der Waals surface area contributed by atoms with E-state index in [1.54, 1.807) is 11.0 Å². The second kappa shape index (κ2) is 6.69. The van der Waals surface area contributed by atoms with Crippen LogP contribution >= 0.6 is 0 Å². The molecule has 0 radical (unpaired) electrons. The molecule has 1 atom stereocenters. The van der Waals surface area contributed by atoms with Gasteiger partial charge in [-0.1, -0.05) is 48.9 Å². The first-order valence-electron chi connectivity index (χ1n) is 7.99. The highest BCUT2D eigenvalue weighted by Crippen LogP contribution is 2.33. The lowest BCUT2D eigenvalue weighted by atomic mass is 10.1. The molecule has 0 fully saturated rings. The number of ether oxygens (including phenoxy) is 1. The molecular formula is C20H21NO2. The monoisotopic (exact) mass is 307 g/mol. The highest BCUT2D eigenvalue weighted by molar-refractivity contribution is 6.05. The normalized spacial score (nSPS) is 17.0. The molecule has 0 saturated heterocycles. The van der Waals surface area contributed by atoms with E-state index in [0.29, 0.717) is 6.54 Å². The van der Waals surface area contributed by atoms with E-state index >= 15 is 0 Å². The predicted molar refractivity (Wildman–Crippen MR) is 93.7 cm³/mol. The average Bonchev–Trinajstić information content (AvgIpc) is 2.60. The number of anilines is 1. The molecule has 1 heterocycles. The van der Waals surface area contributed by atoms with Crippen LogP contribution in [0.3, 0.4) is 0 Å². The molecule has 2 aromatic carbocycles. The quantitative estimate of drug-likeness (QED) is 0.795. The van der Waals surface area contributed by atoms with Gasteiger partial charge in [0.2, 0.25) is 0 Å². The summed E-state index contributed by atoms with van der Waals surface area (Å²) in [4.78, 5) is 14.4. The number of hydrogen-bond acceptors (Lipinski definition) is 2. The van der Waals surface area contributed by atoms with Crippen LogP contribution < -0.4 is 9.64 Å². The Labute approximate surface area is 137 Å². The Hall–Kier alpha value is -2.55. The Kier molecular flexibility index (Phi) is 4.47. The van der Waals surface area contributed by atoms with Crippen molar-refractivity contribution in [3.63, 3.8) is 0 Å². The van der Waals surface area contributed by atoms with Crippen molar-refractivity contribution in [2.75, 3.05) is 11.4 Å². The van der Waals surface area contributed by atoms with Gasteiger partial charge in [0.15, 0.2) is 0 Å². The molecule has 1 amide bonds. The van der Waals surface area contributed by atoms with Crippen molar-refractivity contribution in [1.29, 1.82) is 0 Å². The number of carbonyl (C=O) groups is 1. The van der Waals surface area contributed by atoms with Crippen LogP contribution in [0.5, 0.6) is 5.75 Å². The highest BCUT2D eigenvalue weighted by atomic mass is 16.5. The van der Waals surface area contributed by atoms with E-state index in [9.17, 15) is 4.79 Å². The van der Waals surface area contributed by atoms with E-state index in [0.717, 1.165) is 23.4 Å². The summed E-state index contributed by atoms with van der Waals surface area (Å²) in [6.45, 7) is 4.71. The minimum absolute atomic E-state index is 0.0141. The molecule has 0 bridgehead atoms. The second-order valence-electron chi connectivity index (χ2n) is 5.81. The maximum Gasteiger partial charge on any atom is 0.251 e. The molecule has 1 aliphatic rings. The first-order chi connectivity index (χ1) is 11.2. The number of nitrogens with zero attached hydrogens (tertiary/aromatic N) is 1.